The molecule has 0 spiro atoms. The third kappa shape index (κ3) is 7.96. The molecular formula is C8H18N+. The van der Waals surface area contributed by atoms with Crippen molar-refractivity contribution in [3.05, 3.63) is 0 Å². The van der Waals surface area contributed by atoms with E-state index in [2.05, 4.69) is 19.2 Å². The molecule has 0 saturated carbocycles. The van der Waals surface area contributed by atoms with Crippen molar-refractivity contribution >= 4 is 0 Å². The Morgan fingerprint density at radius 3 is 2.33 bits per heavy atom. The minimum Gasteiger partial charge on any atom is -0.0654 e. The van der Waals surface area contributed by atoms with Gasteiger partial charge in [-0.1, -0.05) is 19.8 Å². The monoisotopic (exact) mass is 128 g/mol. The molecule has 0 aliphatic heterocycles. The second kappa shape index (κ2) is 7.96. The predicted molar refractivity (Wildman–Crippen MR) is 41.7 cm³/mol. The van der Waals surface area contributed by atoms with E-state index in [1.165, 1.54) is 25.7 Å². The molecule has 0 aromatic carbocycles. The molecule has 0 bridgehead atoms. The van der Waals surface area contributed by atoms with Crippen LogP contribution in [0.15, 0.2) is 0 Å². The molecule has 0 heterocycles. The maximum Gasteiger partial charge on any atom is 0.183 e. The van der Waals surface area contributed by atoms with E-state index in [4.69, 9.17) is 0 Å². The van der Waals surface area contributed by atoms with Crippen LogP contribution in [0.5, 0.6) is 0 Å². The molecule has 9 heavy (non-hydrogen) atoms. The average Bonchev–Trinajstić information content (AvgIpc) is 1.89. The zero-order chi connectivity index (χ0) is 6.95. The molecule has 0 fully saturated rings. The van der Waals surface area contributed by atoms with Gasteiger partial charge in [0.25, 0.3) is 0 Å². The van der Waals surface area contributed by atoms with Gasteiger partial charge >= 0.3 is 0 Å². The third-order valence-corrected chi connectivity index (χ3v) is 1.39. The Labute approximate surface area is 58.8 Å². The molecule has 0 amide bonds. The summed E-state index contributed by atoms with van der Waals surface area (Å²) in [6, 6.07) is 0. The van der Waals surface area contributed by atoms with E-state index >= 15 is 0 Å². The topological polar surface area (TPSA) is 14.1 Å². The first-order valence-corrected chi connectivity index (χ1v) is 4.05. The largest absolute Gasteiger partial charge is 0.183 e. The van der Waals surface area contributed by atoms with E-state index < -0.39 is 0 Å². The quantitative estimate of drug-likeness (QED) is 0.487. The summed E-state index contributed by atoms with van der Waals surface area (Å²) >= 11 is 0. The Bertz CT molecular complexity index is 37.8. The van der Waals surface area contributed by atoms with Crippen molar-refractivity contribution < 1.29 is 0 Å². The first-order chi connectivity index (χ1) is 4.41. The van der Waals surface area contributed by atoms with Crippen molar-refractivity contribution in [3.63, 3.8) is 0 Å². The third-order valence-electron chi connectivity index (χ3n) is 1.39. The summed E-state index contributed by atoms with van der Waals surface area (Å²) in [6.07, 6.45) is 5.35. The lowest BCUT2D eigenvalue weighted by molar-refractivity contribution is 0.604. The van der Waals surface area contributed by atoms with E-state index in [1.54, 1.807) is 0 Å². The van der Waals surface area contributed by atoms with Crippen molar-refractivity contribution in [2.45, 2.75) is 39.5 Å². The fourth-order valence-corrected chi connectivity index (χ4v) is 0.808. The second-order valence-corrected chi connectivity index (χ2v) is 2.32. The zero-order valence-corrected chi connectivity index (χ0v) is 6.69. The molecular weight excluding hydrogens is 110 g/mol. The highest BCUT2D eigenvalue weighted by molar-refractivity contribution is 4.43. The van der Waals surface area contributed by atoms with Crippen LogP contribution in [0.25, 0.3) is 0 Å². The molecule has 2 radical (unpaired) electrons. The molecule has 0 atom stereocenters. The lowest BCUT2D eigenvalue weighted by Crippen LogP contribution is -2.04. The van der Waals surface area contributed by atoms with Crippen LogP contribution in [0, 0.1) is 0 Å². The lowest BCUT2D eigenvalue weighted by Gasteiger charge is -1.89. The van der Waals surface area contributed by atoms with E-state index in [1.807, 2.05) is 0 Å². The second-order valence-electron chi connectivity index (χ2n) is 2.32. The van der Waals surface area contributed by atoms with Crippen molar-refractivity contribution in [1.82, 2.24) is 5.32 Å². The van der Waals surface area contributed by atoms with Gasteiger partial charge in [0.1, 0.15) is 0 Å². The molecule has 0 rings (SSSR count). The Morgan fingerprint density at radius 1 is 1.00 bits per heavy atom. The zero-order valence-electron chi connectivity index (χ0n) is 6.69. The fourth-order valence-electron chi connectivity index (χ4n) is 0.808. The van der Waals surface area contributed by atoms with E-state index in [0.29, 0.717) is 0 Å². The summed E-state index contributed by atoms with van der Waals surface area (Å²) in [4.78, 5) is 0. The first kappa shape index (κ1) is 8.96. The van der Waals surface area contributed by atoms with Crippen LogP contribution in [0.4, 0.5) is 0 Å². The Hall–Kier alpha value is -0.0400. The molecule has 0 saturated heterocycles. The SMILES string of the molecule is CCCCCC[N+]CC. The average molecular weight is 128 g/mol. The summed E-state index contributed by atoms with van der Waals surface area (Å²) in [5.41, 5.74) is 0. The highest BCUT2D eigenvalue weighted by Gasteiger charge is 1.96. The Balaban J connectivity index is 2.60. The van der Waals surface area contributed by atoms with Gasteiger partial charge in [0, 0.05) is 6.42 Å². The van der Waals surface area contributed by atoms with Crippen LogP contribution in [0.1, 0.15) is 39.5 Å². The molecule has 0 aromatic rings. The van der Waals surface area contributed by atoms with E-state index in [9.17, 15) is 0 Å². The Morgan fingerprint density at radius 2 is 1.78 bits per heavy atom. The normalized spacial score (nSPS) is 10.0. The molecule has 1 nitrogen and oxygen atoms in total. The maximum atomic E-state index is 4.24. The summed E-state index contributed by atoms with van der Waals surface area (Å²) in [7, 11) is 0. The summed E-state index contributed by atoms with van der Waals surface area (Å²) in [6.45, 7) is 6.40. The van der Waals surface area contributed by atoms with Gasteiger partial charge in [0.2, 0.25) is 0 Å². The van der Waals surface area contributed by atoms with Crippen LogP contribution in [0.3, 0.4) is 0 Å². The van der Waals surface area contributed by atoms with Gasteiger partial charge in [0.15, 0.2) is 13.1 Å². The van der Waals surface area contributed by atoms with Crippen LogP contribution in [-0.4, -0.2) is 13.1 Å². The van der Waals surface area contributed by atoms with Crippen LogP contribution in [0.2, 0.25) is 0 Å². The fraction of sp³-hybridized carbons (Fsp3) is 1.00. The Kier molecular flexibility index (Phi) is 7.92. The molecule has 0 aliphatic carbocycles. The highest BCUT2D eigenvalue weighted by atomic mass is 14.8. The van der Waals surface area contributed by atoms with Crippen molar-refractivity contribution in [3.8, 4) is 0 Å². The van der Waals surface area contributed by atoms with Gasteiger partial charge in [-0.3, -0.25) is 0 Å². The molecule has 0 aliphatic rings. The minimum absolute atomic E-state index is 0.992. The van der Waals surface area contributed by atoms with Crippen molar-refractivity contribution in [2.24, 2.45) is 0 Å². The molecule has 1 heteroatoms. The standard InChI is InChI=1S/C8H18N/c1-3-5-6-7-8-9-4-2/h3-8H2,1-2H3/q+1. The molecule has 0 N–H and O–H groups in total. The summed E-state index contributed by atoms with van der Waals surface area (Å²) in [5.74, 6) is 0. The van der Waals surface area contributed by atoms with Gasteiger partial charge in [-0.05, 0) is 13.3 Å². The number of hydrogen-bond acceptors (Lipinski definition) is 0. The van der Waals surface area contributed by atoms with E-state index in [-0.39, 0.29) is 0 Å². The van der Waals surface area contributed by atoms with Crippen molar-refractivity contribution in [1.29, 1.82) is 0 Å². The number of rotatable bonds is 6. The van der Waals surface area contributed by atoms with Gasteiger partial charge in [-0.15, -0.1) is 0 Å². The van der Waals surface area contributed by atoms with E-state index in [0.717, 1.165) is 13.1 Å². The van der Waals surface area contributed by atoms with Gasteiger partial charge in [0.05, 0.1) is 5.32 Å². The van der Waals surface area contributed by atoms with Crippen molar-refractivity contribution in [2.75, 3.05) is 13.1 Å². The lowest BCUT2D eigenvalue weighted by atomic mass is 10.2. The minimum atomic E-state index is 0.992. The van der Waals surface area contributed by atoms with Gasteiger partial charge < -0.3 is 0 Å². The predicted octanol–water partition coefficient (Wildman–Crippen LogP) is 2.19. The number of unbranched alkanes of at least 4 members (excludes halogenated alkanes) is 3. The number of nitrogens with zero attached hydrogens (tertiary/aromatic N) is 1. The molecule has 0 unspecified atom stereocenters. The van der Waals surface area contributed by atoms with Crippen LogP contribution < -0.4 is 5.32 Å². The van der Waals surface area contributed by atoms with Gasteiger partial charge in [-0.25, -0.2) is 0 Å². The van der Waals surface area contributed by atoms with Crippen LogP contribution in [-0.2, 0) is 0 Å². The number of hydrogen-bond donors (Lipinski definition) is 0. The summed E-state index contributed by atoms with van der Waals surface area (Å²) < 4.78 is 0. The molecule has 54 valence electrons. The first-order valence-electron chi connectivity index (χ1n) is 4.05. The molecule has 0 aromatic heterocycles. The van der Waals surface area contributed by atoms with Gasteiger partial charge in [-0.2, -0.15) is 0 Å². The summed E-state index contributed by atoms with van der Waals surface area (Å²) in [5, 5.41) is 4.24. The maximum absolute atomic E-state index is 4.24. The smallest absolute Gasteiger partial charge is 0.0654 e. The highest BCUT2D eigenvalue weighted by Crippen LogP contribution is 1.96. The van der Waals surface area contributed by atoms with Crippen LogP contribution >= 0.6 is 0 Å².